The smallest absolute Gasteiger partial charge is 0.258 e. The number of hydrogen-bond acceptors (Lipinski definition) is 3. The molecule has 0 amide bonds. The van der Waals surface area contributed by atoms with Gasteiger partial charge in [0.15, 0.2) is 0 Å². The molecular weight excluding hydrogens is 262 g/mol. The van der Waals surface area contributed by atoms with Gasteiger partial charge in [-0.25, -0.2) is 4.21 Å². The van der Waals surface area contributed by atoms with E-state index in [4.69, 9.17) is 0 Å². The van der Waals surface area contributed by atoms with Gasteiger partial charge in [-0.3, -0.25) is 10.1 Å². The van der Waals surface area contributed by atoms with Gasteiger partial charge in [-0.2, -0.15) is 0 Å². The van der Waals surface area contributed by atoms with Crippen molar-refractivity contribution in [1.82, 2.24) is 0 Å². The van der Waals surface area contributed by atoms with Crippen LogP contribution in [0.3, 0.4) is 0 Å². The van der Waals surface area contributed by atoms with Crippen molar-refractivity contribution in [2.75, 3.05) is 0 Å². The molecule has 0 saturated heterocycles. The van der Waals surface area contributed by atoms with Crippen molar-refractivity contribution >= 4 is 16.5 Å². The van der Waals surface area contributed by atoms with Crippen LogP contribution in [0.25, 0.3) is 0 Å². The van der Waals surface area contributed by atoms with E-state index in [-0.39, 0.29) is 5.69 Å². The molecule has 2 aromatic rings. The van der Waals surface area contributed by atoms with Crippen LogP contribution in [0.15, 0.2) is 52.3 Å². The van der Waals surface area contributed by atoms with Gasteiger partial charge in [-0.15, -0.1) is 0 Å². The fourth-order valence-electron chi connectivity index (χ4n) is 1.70. The highest BCUT2D eigenvalue weighted by Gasteiger charge is 2.15. The molecule has 0 saturated carbocycles. The maximum atomic E-state index is 12.3. The molecule has 0 bridgehead atoms. The first kappa shape index (κ1) is 13.4. The second-order valence-corrected chi connectivity index (χ2v) is 5.77. The van der Waals surface area contributed by atoms with Gasteiger partial charge in [0, 0.05) is 16.5 Å². The van der Waals surface area contributed by atoms with E-state index in [1.165, 1.54) is 6.07 Å². The summed E-state index contributed by atoms with van der Waals surface area (Å²) < 4.78 is 12.3. The van der Waals surface area contributed by atoms with Gasteiger partial charge in [0.25, 0.3) is 5.69 Å². The molecule has 2 aromatic carbocycles. The van der Waals surface area contributed by atoms with E-state index in [0.717, 1.165) is 5.56 Å². The van der Waals surface area contributed by atoms with Crippen molar-refractivity contribution < 1.29 is 9.13 Å². The van der Waals surface area contributed by atoms with Gasteiger partial charge < -0.3 is 0 Å². The van der Waals surface area contributed by atoms with Crippen LogP contribution in [0.1, 0.15) is 11.1 Å². The molecule has 1 atom stereocenters. The van der Waals surface area contributed by atoms with Gasteiger partial charge in [0.05, 0.1) is 20.6 Å². The summed E-state index contributed by atoms with van der Waals surface area (Å²) in [4.78, 5) is 11.5. The Kier molecular flexibility index (Phi) is 3.76. The van der Waals surface area contributed by atoms with E-state index in [1.54, 1.807) is 31.2 Å². The highest BCUT2D eigenvalue weighted by atomic mass is 32.2. The van der Waals surface area contributed by atoms with Gasteiger partial charge in [0.1, 0.15) is 0 Å². The maximum absolute atomic E-state index is 12.3. The van der Waals surface area contributed by atoms with E-state index in [0.29, 0.717) is 15.4 Å². The minimum Gasteiger partial charge on any atom is -0.258 e. The molecule has 5 heteroatoms. The molecule has 0 spiro atoms. The number of nitro benzene ring substituents is 1. The molecule has 0 aliphatic heterocycles. The average molecular weight is 275 g/mol. The Balaban J connectivity index is 2.42. The van der Waals surface area contributed by atoms with Crippen molar-refractivity contribution in [3.63, 3.8) is 0 Å². The van der Waals surface area contributed by atoms with Gasteiger partial charge in [0.2, 0.25) is 0 Å². The number of hydrogen-bond donors (Lipinski definition) is 0. The van der Waals surface area contributed by atoms with Crippen LogP contribution in [0.4, 0.5) is 5.69 Å². The molecule has 0 N–H and O–H groups in total. The van der Waals surface area contributed by atoms with Crippen LogP contribution >= 0.6 is 0 Å². The van der Waals surface area contributed by atoms with Crippen LogP contribution in [0.2, 0.25) is 0 Å². The fraction of sp³-hybridized carbons (Fsp3) is 0.143. The Morgan fingerprint density at radius 3 is 2.16 bits per heavy atom. The molecular formula is C14H13NO3S. The van der Waals surface area contributed by atoms with E-state index >= 15 is 0 Å². The first-order valence-electron chi connectivity index (χ1n) is 5.72. The standard InChI is InChI=1S/C14H13NO3S/c1-10-3-6-12(7-4-10)19(18)13-8-5-11(2)14(9-13)15(16)17/h3-9H,1-2H3. The lowest BCUT2D eigenvalue weighted by Gasteiger charge is -2.04. The predicted octanol–water partition coefficient (Wildman–Crippen LogP) is 3.38. The predicted molar refractivity (Wildman–Crippen MR) is 73.7 cm³/mol. The lowest BCUT2D eigenvalue weighted by atomic mass is 10.2. The number of benzene rings is 2. The van der Waals surface area contributed by atoms with Gasteiger partial charge >= 0.3 is 0 Å². The van der Waals surface area contributed by atoms with Crippen molar-refractivity contribution in [1.29, 1.82) is 0 Å². The molecule has 0 heterocycles. The zero-order valence-electron chi connectivity index (χ0n) is 10.6. The van der Waals surface area contributed by atoms with Crippen LogP contribution < -0.4 is 0 Å². The molecule has 0 aliphatic carbocycles. The third kappa shape index (κ3) is 2.88. The van der Waals surface area contributed by atoms with E-state index in [2.05, 4.69) is 0 Å². The molecule has 1 unspecified atom stereocenters. The van der Waals surface area contributed by atoms with Crippen LogP contribution in [-0.4, -0.2) is 9.13 Å². The van der Waals surface area contributed by atoms with Crippen molar-refractivity contribution in [3.8, 4) is 0 Å². The molecule has 19 heavy (non-hydrogen) atoms. The Morgan fingerprint density at radius 1 is 1.00 bits per heavy atom. The first-order chi connectivity index (χ1) is 8.99. The minimum absolute atomic E-state index is 0.00189. The third-order valence-corrected chi connectivity index (χ3v) is 4.21. The van der Waals surface area contributed by atoms with Crippen LogP contribution in [-0.2, 0) is 10.8 Å². The highest BCUT2D eigenvalue weighted by molar-refractivity contribution is 7.85. The summed E-state index contributed by atoms with van der Waals surface area (Å²) in [6, 6.07) is 12.0. The molecule has 0 fully saturated rings. The monoisotopic (exact) mass is 275 g/mol. The summed E-state index contributed by atoms with van der Waals surface area (Å²) in [6.07, 6.45) is 0. The second-order valence-electron chi connectivity index (χ2n) is 4.29. The van der Waals surface area contributed by atoms with Crippen molar-refractivity contribution in [3.05, 3.63) is 63.7 Å². The van der Waals surface area contributed by atoms with E-state index in [9.17, 15) is 14.3 Å². The second kappa shape index (κ2) is 5.32. The van der Waals surface area contributed by atoms with Crippen LogP contribution in [0, 0.1) is 24.0 Å². The summed E-state index contributed by atoms with van der Waals surface area (Å²) in [6.45, 7) is 3.61. The topological polar surface area (TPSA) is 60.2 Å². The summed E-state index contributed by atoms with van der Waals surface area (Å²) in [5.41, 5.74) is 1.64. The quantitative estimate of drug-likeness (QED) is 0.637. The summed E-state index contributed by atoms with van der Waals surface area (Å²) in [5, 5.41) is 10.9. The average Bonchev–Trinajstić information content (AvgIpc) is 2.39. The SMILES string of the molecule is Cc1ccc(S(=O)c2ccc(C)c([N+](=O)[O-])c2)cc1. The van der Waals surface area contributed by atoms with E-state index in [1.807, 2.05) is 19.1 Å². The lowest BCUT2D eigenvalue weighted by Crippen LogP contribution is -1.97. The number of nitro groups is 1. The summed E-state index contributed by atoms with van der Waals surface area (Å²) in [5.74, 6) is 0. The van der Waals surface area contributed by atoms with Crippen LogP contribution in [0.5, 0.6) is 0 Å². The number of nitrogens with zero attached hydrogens (tertiary/aromatic N) is 1. The summed E-state index contributed by atoms with van der Waals surface area (Å²) in [7, 11) is -1.39. The molecule has 98 valence electrons. The van der Waals surface area contributed by atoms with E-state index < -0.39 is 15.7 Å². The Bertz CT molecular complexity index is 650. The molecule has 0 radical (unpaired) electrons. The normalized spacial score (nSPS) is 12.1. The fourth-order valence-corrected chi connectivity index (χ4v) is 2.76. The van der Waals surface area contributed by atoms with Gasteiger partial charge in [-0.1, -0.05) is 23.8 Å². The molecule has 2 rings (SSSR count). The first-order valence-corrected chi connectivity index (χ1v) is 6.87. The Labute approximate surface area is 113 Å². The molecule has 4 nitrogen and oxygen atoms in total. The molecule has 0 aromatic heterocycles. The number of rotatable bonds is 3. The Morgan fingerprint density at radius 2 is 1.58 bits per heavy atom. The minimum atomic E-state index is -1.39. The third-order valence-electron chi connectivity index (χ3n) is 2.83. The lowest BCUT2D eigenvalue weighted by molar-refractivity contribution is -0.385. The van der Waals surface area contributed by atoms with Crippen molar-refractivity contribution in [2.45, 2.75) is 23.6 Å². The van der Waals surface area contributed by atoms with Crippen molar-refractivity contribution in [2.24, 2.45) is 0 Å². The Hall–Kier alpha value is -2.01. The van der Waals surface area contributed by atoms with Gasteiger partial charge in [-0.05, 0) is 32.0 Å². The molecule has 0 aliphatic rings. The number of aryl methyl sites for hydroxylation is 2. The summed E-state index contributed by atoms with van der Waals surface area (Å²) >= 11 is 0. The largest absolute Gasteiger partial charge is 0.273 e. The zero-order valence-corrected chi connectivity index (χ0v) is 11.4. The highest BCUT2D eigenvalue weighted by Crippen LogP contribution is 2.24. The zero-order chi connectivity index (χ0) is 14.0. The maximum Gasteiger partial charge on any atom is 0.273 e.